The van der Waals surface area contributed by atoms with Crippen LogP contribution in [0.15, 0.2) is 41.6 Å². The Labute approximate surface area is 165 Å². The predicted octanol–water partition coefficient (Wildman–Crippen LogP) is 1.15. The first kappa shape index (κ1) is 21.9. The smallest absolute Gasteiger partial charge is 0.240 e. The number of likely N-dealkylation sites (N-methyl/N-ethyl adjacent to an activating group) is 1. The minimum atomic E-state index is -3.68. The molecular formula is C18H27N5O4S. The normalized spacial score (nSPS) is 11.6. The third-order valence-corrected chi connectivity index (χ3v) is 5.26. The van der Waals surface area contributed by atoms with Crippen molar-refractivity contribution >= 4 is 21.6 Å². The fourth-order valence-electron chi connectivity index (χ4n) is 2.34. The minimum absolute atomic E-state index is 0.00382. The monoisotopic (exact) mass is 409 g/mol. The van der Waals surface area contributed by atoms with Gasteiger partial charge in [0.1, 0.15) is 5.75 Å². The van der Waals surface area contributed by atoms with E-state index in [-0.39, 0.29) is 23.8 Å². The molecule has 154 valence electrons. The van der Waals surface area contributed by atoms with Crippen LogP contribution in [0.3, 0.4) is 0 Å². The molecule has 28 heavy (non-hydrogen) atoms. The Hall–Kier alpha value is -2.43. The molecule has 2 N–H and O–H groups in total. The average Bonchev–Trinajstić information content (AvgIpc) is 3.08. The maximum absolute atomic E-state index is 12.3. The summed E-state index contributed by atoms with van der Waals surface area (Å²) in [5, 5.41) is 6.88. The van der Waals surface area contributed by atoms with Gasteiger partial charge in [0.15, 0.2) is 0 Å². The first-order chi connectivity index (χ1) is 13.3. The topological polar surface area (TPSA) is 106 Å². The molecule has 2 rings (SSSR count). The van der Waals surface area contributed by atoms with Gasteiger partial charge < -0.3 is 15.0 Å². The van der Waals surface area contributed by atoms with Gasteiger partial charge in [0.05, 0.1) is 29.9 Å². The molecule has 0 aliphatic carbocycles. The third kappa shape index (κ3) is 6.95. The highest BCUT2D eigenvalue weighted by Gasteiger charge is 2.14. The summed E-state index contributed by atoms with van der Waals surface area (Å²) in [6.07, 6.45) is 3.32. The second-order valence-electron chi connectivity index (χ2n) is 6.40. The van der Waals surface area contributed by atoms with E-state index >= 15 is 0 Å². The molecule has 10 heteroatoms. The molecule has 1 heterocycles. The summed E-state index contributed by atoms with van der Waals surface area (Å²) in [6.45, 7) is 3.91. The molecule has 0 saturated heterocycles. The standard InChI is InChI=1S/C18H27N5O4S/c1-4-27-16-5-7-17(8-6-16)28(25,26)20-10-9-18(24)21-15-13-19-23(14-15)12-11-22(2)3/h5-8,13-14,20H,4,9-12H2,1-3H3,(H,21,24). The third-order valence-electron chi connectivity index (χ3n) is 3.78. The van der Waals surface area contributed by atoms with E-state index in [4.69, 9.17) is 4.74 Å². The van der Waals surface area contributed by atoms with Crippen molar-refractivity contribution in [3.63, 3.8) is 0 Å². The Morgan fingerprint density at radius 2 is 1.96 bits per heavy atom. The van der Waals surface area contributed by atoms with Crippen LogP contribution in [0.1, 0.15) is 13.3 Å². The lowest BCUT2D eigenvalue weighted by atomic mass is 10.3. The second-order valence-corrected chi connectivity index (χ2v) is 8.16. The maximum Gasteiger partial charge on any atom is 0.240 e. The van der Waals surface area contributed by atoms with Crippen LogP contribution in [0.5, 0.6) is 5.75 Å². The van der Waals surface area contributed by atoms with Gasteiger partial charge in [-0.3, -0.25) is 9.48 Å². The lowest BCUT2D eigenvalue weighted by Gasteiger charge is -2.09. The van der Waals surface area contributed by atoms with Gasteiger partial charge in [-0.05, 0) is 45.3 Å². The van der Waals surface area contributed by atoms with Crippen LogP contribution in [0.25, 0.3) is 0 Å². The Balaban J connectivity index is 1.79. The molecular weight excluding hydrogens is 382 g/mol. The molecule has 2 aromatic rings. The van der Waals surface area contributed by atoms with Crippen molar-refractivity contribution in [2.45, 2.75) is 24.8 Å². The maximum atomic E-state index is 12.3. The van der Waals surface area contributed by atoms with Crippen LogP contribution < -0.4 is 14.8 Å². The number of benzene rings is 1. The van der Waals surface area contributed by atoms with Gasteiger partial charge in [0.2, 0.25) is 15.9 Å². The molecule has 0 atom stereocenters. The summed E-state index contributed by atoms with van der Waals surface area (Å²) < 4.78 is 34.0. The van der Waals surface area contributed by atoms with Crippen LogP contribution in [-0.2, 0) is 21.4 Å². The summed E-state index contributed by atoms with van der Waals surface area (Å²) in [5.74, 6) is 0.313. The fourth-order valence-corrected chi connectivity index (χ4v) is 3.37. The number of ether oxygens (including phenoxy) is 1. The van der Waals surface area contributed by atoms with Gasteiger partial charge in [0, 0.05) is 25.7 Å². The number of hydrogen-bond acceptors (Lipinski definition) is 6. The fraction of sp³-hybridized carbons (Fsp3) is 0.444. The van der Waals surface area contributed by atoms with Crippen molar-refractivity contribution in [1.82, 2.24) is 19.4 Å². The zero-order chi connectivity index (χ0) is 20.6. The van der Waals surface area contributed by atoms with Gasteiger partial charge in [-0.1, -0.05) is 0 Å². The highest BCUT2D eigenvalue weighted by atomic mass is 32.2. The van der Waals surface area contributed by atoms with Crippen molar-refractivity contribution < 1.29 is 17.9 Å². The Morgan fingerprint density at radius 3 is 2.61 bits per heavy atom. The van der Waals surface area contributed by atoms with Gasteiger partial charge in [0.25, 0.3) is 0 Å². The highest BCUT2D eigenvalue weighted by Crippen LogP contribution is 2.15. The van der Waals surface area contributed by atoms with Gasteiger partial charge in [-0.15, -0.1) is 0 Å². The highest BCUT2D eigenvalue weighted by molar-refractivity contribution is 7.89. The number of amides is 1. The van der Waals surface area contributed by atoms with E-state index in [0.717, 1.165) is 6.54 Å². The first-order valence-electron chi connectivity index (χ1n) is 8.99. The molecule has 0 bridgehead atoms. The minimum Gasteiger partial charge on any atom is -0.494 e. The van der Waals surface area contributed by atoms with E-state index in [0.29, 0.717) is 24.6 Å². The lowest BCUT2D eigenvalue weighted by Crippen LogP contribution is -2.27. The average molecular weight is 410 g/mol. The Morgan fingerprint density at radius 1 is 1.25 bits per heavy atom. The second kappa shape index (κ2) is 10.2. The predicted molar refractivity (Wildman–Crippen MR) is 107 cm³/mol. The molecule has 0 aliphatic heterocycles. The molecule has 1 amide bonds. The van der Waals surface area contributed by atoms with Gasteiger partial charge in [-0.25, -0.2) is 13.1 Å². The van der Waals surface area contributed by atoms with Crippen molar-refractivity contribution in [1.29, 1.82) is 0 Å². The van der Waals surface area contributed by atoms with Gasteiger partial charge >= 0.3 is 0 Å². The van der Waals surface area contributed by atoms with E-state index in [9.17, 15) is 13.2 Å². The van der Waals surface area contributed by atoms with Crippen LogP contribution >= 0.6 is 0 Å². The van der Waals surface area contributed by atoms with E-state index in [1.807, 2.05) is 25.9 Å². The van der Waals surface area contributed by atoms with Gasteiger partial charge in [-0.2, -0.15) is 5.10 Å². The zero-order valence-corrected chi connectivity index (χ0v) is 17.2. The van der Waals surface area contributed by atoms with E-state index in [1.54, 1.807) is 29.2 Å². The number of anilines is 1. The largest absolute Gasteiger partial charge is 0.494 e. The molecule has 0 spiro atoms. The first-order valence-corrected chi connectivity index (χ1v) is 10.5. The van der Waals surface area contributed by atoms with E-state index in [1.165, 1.54) is 12.1 Å². The van der Waals surface area contributed by atoms with Crippen molar-refractivity contribution in [3.8, 4) is 5.75 Å². The number of aromatic nitrogens is 2. The summed E-state index contributed by atoms with van der Waals surface area (Å²) >= 11 is 0. The van der Waals surface area contributed by atoms with Crippen molar-refractivity contribution in [2.24, 2.45) is 0 Å². The van der Waals surface area contributed by atoms with Crippen LogP contribution in [-0.4, -0.2) is 62.8 Å². The number of carbonyl (C=O) groups excluding carboxylic acids is 1. The molecule has 0 aliphatic rings. The van der Waals surface area contributed by atoms with Crippen LogP contribution in [0.2, 0.25) is 0 Å². The lowest BCUT2D eigenvalue weighted by molar-refractivity contribution is -0.116. The molecule has 0 unspecified atom stereocenters. The summed E-state index contributed by atoms with van der Waals surface area (Å²) in [7, 11) is 0.267. The number of carbonyl (C=O) groups is 1. The number of hydrogen-bond donors (Lipinski definition) is 2. The summed E-state index contributed by atoms with van der Waals surface area (Å²) in [6, 6.07) is 6.13. The number of nitrogens with one attached hydrogen (secondary N) is 2. The quantitative estimate of drug-likeness (QED) is 0.577. The molecule has 1 aromatic carbocycles. The molecule has 0 fully saturated rings. The van der Waals surface area contributed by atoms with E-state index in [2.05, 4.69) is 15.1 Å². The van der Waals surface area contributed by atoms with Crippen molar-refractivity contribution in [2.75, 3.05) is 39.1 Å². The van der Waals surface area contributed by atoms with Crippen LogP contribution in [0.4, 0.5) is 5.69 Å². The molecule has 1 aromatic heterocycles. The Bertz CT molecular complexity index is 862. The van der Waals surface area contributed by atoms with Crippen LogP contribution in [0, 0.1) is 0 Å². The summed E-state index contributed by atoms with van der Waals surface area (Å²) in [5.41, 5.74) is 0.582. The SMILES string of the molecule is CCOc1ccc(S(=O)(=O)NCCC(=O)Nc2cnn(CCN(C)C)c2)cc1. The number of nitrogens with zero attached hydrogens (tertiary/aromatic N) is 3. The van der Waals surface area contributed by atoms with Crippen molar-refractivity contribution in [3.05, 3.63) is 36.7 Å². The molecule has 0 saturated carbocycles. The molecule has 0 radical (unpaired) electrons. The zero-order valence-electron chi connectivity index (χ0n) is 16.4. The number of sulfonamides is 1. The number of rotatable bonds is 11. The Kier molecular flexibility index (Phi) is 7.97. The molecule has 9 nitrogen and oxygen atoms in total. The van der Waals surface area contributed by atoms with E-state index < -0.39 is 10.0 Å². The summed E-state index contributed by atoms with van der Waals surface area (Å²) in [4.78, 5) is 14.2.